The number of primary sulfonamides is 1. The number of hydrogen-bond donors (Lipinski definition) is 2. The molecule has 1 fully saturated rings. The standard InChI is InChI=1S/C11H14N4O3S/c12-6-8-7-15(3-4-18-8)11-5-9(19(14,16)17)1-2-10(11)13/h1-2,5,8H,3-4,7,13H2,(H2,14,16,17). The first-order valence-electron chi connectivity index (χ1n) is 5.60. The molecule has 1 atom stereocenters. The number of rotatable bonds is 2. The summed E-state index contributed by atoms with van der Waals surface area (Å²) < 4.78 is 27.9. The third kappa shape index (κ3) is 2.96. The number of benzene rings is 1. The molecule has 19 heavy (non-hydrogen) atoms. The molecule has 0 saturated carbocycles. The van der Waals surface area contributed by atoms with E-state index >= 15 is 0 Å². The third-order valence-corrected chi connectivity index (χ3v) is 3.79. The van der Waals surface area contributed by atoms with Crippen molar-refractivity contribution in [3.63, 3.8) is 0 Å². The van der Waals surface area contributed by atoms with Crippen LogP contribution in [0.15, 0.2) is 23.1 Å². The molecule has 0 amide bonds. The molecule has 0 radical (unpaired) electrons. The molecule has 1 aliphatic heterocycles. The summed E-state index contributed by atoms with van der Waals surface area (Å²) in [6.45, 7) is 1.27. The van der Waals surface area contributed by atoms with E-state index in [1.165, 1.54) is 18.2 Å². The second-order valence-electron chi connectivity index (χ2n) is 4.20. The van der Waals surface area contributed by atoms with Crippen LogP contribution in [0, 0.1) is 11.3 Å². The lowest BCUT2D eigenvalue weighted by molar-refractivity contribution is 0.0765. The SMILES string of the molecule is N#CC1CN(c2cc(S(N)(=O)=O)ccc2N)CCO1. The Kier molecular flexibility index (Phi) is 3.61. The lowest BCUT2D eigenvalue weighted by Crippen LogP contribution is -2.42. The molecule has 7 nitrogen and oxygen atoms in total. The van der Waals surface area contributed by atoms with E-state index in [4.69, 9.17) is 20.9 Å². The first-order valence-corrected chi connectivity index (χ1v) is 7.15. The van der Waals surface area contributed by atoms with Gasteiger partial charge in [-0.15, -0.1) is 0 Å². The molecule has 8 heteroatoms. The number of nitrogens with two attached hydrogens (primary N) is 2. The Morgan fingerprint density at radius 2 is 2.21 bits per heavy atom. The van der Waals surface area contributed by atoms with Crippen molar-refractivity contribution in [2.75, 3.05) is 30.3 Å². The molecule has 1 aliphatic rings. The Labute approximate surface area is 111 Å². The third-order valence-electron chi connectivity index (χ3n) is 2.88. The van der Waals surface area contributed by atoms with E-state index < -0.39 is 16.1 Å². The normalized spacial score (nSPS) is 20.0. The summed E-state index contributed by atoms with van der Waals surface area (Å²) in [6.07, 6.45) is -0.550. The van der Waals surface area contributed by atoms with E-state index in [1.54, 1.807) is 0 Å². The van der Waals surface area contributed by atoms with Gasteiger partial charge in [-0.1, -0.05) is 0 Å². The van der Waals surface area contributed by atoms with Gasteiger partial charge in [-0.25, -0.2) is 13.6 Å². The first-order chi connectivity index (χ1) is 8.91. The molecule has 4 N–H and O–H groups in total. The average molecular weight is 282 g/mol. The van der Waals surface area contributed by atoms with Crippen molar-refractivity contribution in [3.8, 4) is 6.07 Å². The highest BCUT2D eigenvalue weighted by Gasteiger charge is 2.22. The van der Waals surface area contributed by atoms with E-state index in [0.29, 0.717) is 31.1 Å². The van der Waals surface area contributed by atoms with Crippen LogP contribution >= 0.6 is 0 Å². The number of hydrogen-bond acceptors (Lipinski definition) is 6. The lowest BCUT2D eigenvalue weighted by atomic mass is 10.2. The zero-order chi connectivity index (χ0) is 14.0. The van der Waals surface area contributed by atoms with Crippen LogP contribution in [0.25, 0.3) is 0 Å². The highest BCUT2D eigenvalue weighted by atomic mass is 32.2. The highest BCUT2D eigenvalue weighted by molar-refractivity contribution is 7.89. The molecule has 0 aromatic heterocycles. The minimum Gasteiger partial charge on any atom is -0.397 e. The number of anilines is 2. The van der Waals surface area contributed by atoms with Gasteiger partial charge in [0.1, 0.15) is 0 Å². The Bertz CT molecular complexity index is 623. The second kappa shape index (κ2) is 5.05. The molecule has 1 unspecified atom stereocenters. The van der Waals surface area contributed by atoms with Gasteiger partial charge in [0, 0.05) is 6.54 Å². The fourth-order valence-electron chi connectivity index (χ4n) is 1.92. The maximum absolute atomic E-state index is 11.3. The molecule has 1 aromatic carbocycles. The predicted octanol–water partition coefficient (Wildman–Crippen LogP) is -0.355. The van der Waals surface area contributed by atoms with Crippen LogP contribution in [0.4, 0.5) is 11.4 Å². The van der Waals surface area contributed by atoms with Gasteiger partial charge in [0.15, 0.2) is 6.10 Å². The van der Waals surface area contributed by atoms with Crippen LogP contribution in [-0.4, -0.2) is 34.2 Å². The quantitative estimate of drug-likeness (QED) is 0.714. The fourth-order valence-corrected chi connectivity index (χ4v) is 2.45. The van der Waals surface area contributed by atoms with Gasteiger partial charge in [0.2, 0.25) is 10.0 Å². The lowest BCUT2D eigenvalue weighted by Gasteiger charge is -2.32. The van der Waals surface area contributed by atoms with Gasteiger partial charge >= 0.3 is 0 Å². The van der Waals surface area contributed by atoms with E-state index in [9.17, 15) is 8.42 Å². The van der Waals surface area contributed by atoms with Crippen molar-refractivity contribution in [1.82, 2.24) is 0 Å². The van der Waals surface area contributed by atoms with Crippen molar-refractivity contribution in [2.45, 2.75) is 11.0 Å². The smallest absolute Gasteiger partial charge is 0.238 e. The molecular weight excluding hydrogens is 268 g/mol. The Morgan fingerprint density at radius 3 is 2.84 bits per heavy atom. The van der Waals surface area contributed by atoms with E-state index in [2.05, 4.69) is 0 Å². The second-order valence-corrected chi connectivity index (χ2v) is 5.76. The number of nitriles is 1. The van der Waals surface area contributed by atoms with Gasteiger partial charge in [-0.05, 0) is 18.2 Å². The number of nitrogen functional groups attached to an aromatic ring is 1. The Morgan fingerprint density at radius 1 is 1.47 bits per heavy atom. The first kappa shape index (κ1) is 13.6. The molecule has 1 heterocycles. The molecule has 2 rings (SSSR count). The summed E-state index contributed by atoms with van der Waals surface area (Å²) >= 11 is 0. The van der Waals surface area contributed by atoms with E-state index in [-0.39, 0.29) is 4.90 Å². The maximum atomic E-state index is 11.3. The summed E-state index contributed by atoms with van der Waals surface area (Å²) in [5, 5.41) is 14.0. The average Bonchev–Trinajstić information content (AvgIpc) is 2.38. The minimum atomic E-state index is -3.78. The molecule has 1 saturated heterocycles. The zero-order valence-electron chi connectivity index (χ0n) is 10.1. The van der Waals surface area contributed by atoms with Gasteiger partial charge in [-0.3, -0.25) is 0 Å². The largest absolute Gasteiger partial charge is 0.397 e. The Hall–Kier alpha value is -1.82. The molecule has 0 bridgehead atoms. The number of sulfonamides is 1. The summed E-state index contributed by atoms with van der Waals surface area (Å²) in [4.78, 5) is 1.82. The van der Waals surface area contributed by atoms with Gasteiger partial charge in [0.05, 0.1) is 35.5 Å². The minimum absolute atomic E-state index is 0.00306. The Balaban J connectivity index is 2.36. The number of morpholine rings is 1. The monoisotopic (exact) mass is 282 g/mol. The van der Waals surface area contributed by atoms with Crippen LogP contribution in [0.3, 0.4) is 0 Å². The topological polar surface area (TPSA) is 122 Å². The van der Waals surface area contributed by atoms with Gasteiger partial charge in [-0.2, -0.15) is 5.26 Å². The van der Waals surface area contributed by atoms with Crippen LogP contribution < -0.4 is 15.8 Å². The predicted molar refractivity (Wildman–Crippen MR) is 69.8 cm³/mol. The summed E-state index contributed by atoms with van der Waals surface area (Å²) in [5.41, 5.74) is 6.84. The highest BCUT2D eigenvalue weighted by Crippen LogP contribution is 2.27. The van der Waals surface area contributed by atoms with Crippen molar-refractivity contribution in [3.05, 3.63) is 18.2 Å². The molecular formula is C11H14N4O3S. The van der Waals surface area contributed by atoms with E-state index in [1.807, 2.05) is 11.0 Å². The van der Waals surface area contributed by atoms with Crippen LogP contribution in [0.5, 0.6) is 0 Å². The van der Waals surface area contributed by atoms with Gasteiger partial charge in [0.25, 0.3) is 0 Å². The summed E-state index contributed by atoms with van der Waals surface area (Å²) in [6, 6.07) is 6.29. The van der Waals surface area contributed by atoms with Crippen LogP contribution in [-0.2, 0) is 14.8 Å². The molecule has 0 aliphatic carbocycles. The fraction of sp³-hybridized carbons (Fsp3) is 0.364. The van der Waals surface area contributed by atoms with E-state index in [0.717, 1.165) is 0 Å². The molecule has 0 spiro atoms. The maximum Gasteiger partial charge on any atom is 0.238 e. The summed E-state index contributed by atoms with van der Waals surface area (Å²) in [5.74, 6) is 0. The van der Waals surface area contributed by atoms with Gasteiger partial charge < -0.3 is 15.4 Å². The zero-order valence-corrected chi connectivity index (χ0v) is 10.9. The summed E-state index contributed by atoms with van der Waals surface area (Å²) in [7, 11) is -3.78. The number of nitrogens with zero attached hydrogens (tertiary/aromatic N) is 2. The van der Waals surface area contributed by atoms with Crippen molar-refractivity contribution < 1.29 is 13.2 Å². The molecule has 102 valence electrons. The molecule has 1 aromatic rings. The van der Waals surface area contributed by atoms with Crippen LogP contribution in [0.1, 0.15) is 0 Å². The van der Waals surface area contributed by atoms with Crippen molar-refractivity contribution in [1.29, 1.82) is 5.26 Å². The van der Waals surface area contributed by atoms with Crippen molar-refractivity contribution >= 4 is 21.4 Å². The van der Waals surface area contributed by atoms with Crippen LogP contribution in [0.2, 0.25) is 0 Å². The number of ether oxygens (including phenoxy) is 1. The van der Waals surface area contributed by atoms with Crippen molar-refractivity contribution in [2.24, 2.45) is 5.14 Å².